The van der Waals surface area contributed by atoms with Crippen LogP contribution in [0.15, 0.2) is 65.0 Å². The average molecular weight is 485 g/mol. The number of esters is 1. The van der Waals surface area contributed by atoms with Gasteiger partial charge in [-0.15, -0.1) is 5.10 Å². The van der Waals surface area contributed by atoms with Gasteiger partial charge in [0, 0.05) is 23.6 Å². The summed E-state index contributed by atoms with van der Waals surface area (Å²) in [6.45, 7) is 4.38. The van der Waals surface area contributed by atoms with Gasteiger partial charge < -0.3 is 14.8 Å². The summed E-state index contributed by atoms with van der Waals surface area (Å²) in [5.74, 6) is 0.804. The first kappa shape index (κ1) is 23.4. The quantitative estimate of drug-likeness (QED) is 0.273. The Labute approximate surface area is 202 Å². The minimum atomic E-state index is -0.459. The Morgan fingerprint density at radius 2 is 1.91 bits per heavy atom. The van der Waals surface area contributed by atoms with E-state index < -0.39 is 12.0 Å². The highest BCUT2D eigenvalue weighted by Gasteiger charge is 2.35. The normalized spacial score (nSPS) is 15.2. The third kappa shape index (κ3) is 5.24. The maximum absolute atomic E-state index is 13.0. The molecule has 0 radical (unpaired) electrons. The number of aromatic nitrogens is 3. The van der Waals surface area contributed by atoms with Gasteiger partial charge in [0.15, 0.2) is 0 Å². The molecule has 7 nitrogen and oxygen atoms in total. The van der Waals surface area contributed by atoms with Crippen molar-refractivity contribution in [2.45, 2.75) is 30.8 Å². The average Bonchev–Trinajstić information content (AvgIpc) is 3.20. The minimum absolute atomic E-state index is 0.176. The third-order valence-electron chi connectivity index (χ3n) is 5.28. The fraction of sp³-hybridized carbons (Fsp3) is 0.292. The fourth-order valence-electron chi connectivity index (χ4n) is 3.57. The fourth-order valence-corrected chi connectivity index (χ4v) is 4.68. The van der Waals surface area contributed by atoms with Crippen LogP contribution >= 0.6 is 23.4 Å². The smallest absolute Gasteiger partial charge is 0.338 e. The number of aryl methyl sites for hydroxylation is 1. The zero-order chi connectivity index (χ0) is 23.4. The van der Waals surface area contributed by atoms with E-state index in [-0.39, 0.29) is 6.61 Å². The van der Waals surface area contributed by atoms with Crippen LogP contribution in [0.1, 0.15) is 29.7 Å². The molecule has 2 aromatic carbocycles. The molecular formula is C24H25ClN4O3S. The van der Waals surface area contributed by atoms with Crippen molar-refractivity contribution in [2.24, 2.45) is 0 Å². The van der Waals surface area contributed by atoms with Crippen LogP contribution in [0, 0.1) is 6.92 Å². The number of nitrogens with one attached hydrogen (secondary N) is 1. The van der Waals surface area contributed by atoms with E-state index in [4.69, 9.17) is 26.2 Å². The topological polar surface area (TPSA) is 78.3 Å². The maximum atomic E-state index is 13.0. The number of hydrogen-bond donors (Lipinski definition) is 1. The second-order valence-electron chi connectivity index (χ2n) is 7.65. The molecule has 1 aliphatic rings. The van der Waals surface area contributed by atoms with Gasteiger partial charge >= 0.3 is 5.97 Å². The highest BCUT2D eigenvalue weighted by molar-refractivity contribution is 7.98. The molecule has 0 amide bonds. The lowest BCUT2D eigenvalue weighted by atomic mass is 9.95. The van der Waals surface area contributed by atoms with Gasteiger partial charge in [-0.3, -0.25) is 0 Å². The monoisotopic (exact) mass is 484 g/mol. The molecule has 0 saturated carbocycles. The van der Waals surface area contributed by atoms with Crippen LogP contribution in [-0.4, -0.2) is 41.1 Å². The van der Waals surface area contributed by atoms with E-state index in [9.17, 15) is 4.79 Å². The molecule has 1 aromatic heterocycles. The summed E-state index contributed by atoms with van der Waals surface area (Å²) in [6.07, 6.45) is 0. The number of anilines is 1. The molecule has 2 heterocycles. The van der Waals surface area contributed by atoms with Crippen LogP contribution in [0.3, 0.4) is 0 Å². The van der Waals surface area contributed by atoms with Crippen molar-refractivity contribution in [2.75, 3.05) is 25.6 Å². The Bertz CT molecular complexity index is 1180. The summed E-state index contributed by atoms with van der Waals surface area (Å²) in [4.78, 5) is 17.7. The van der Waals surface area contributed by atoms with Gasteiger partial charge in [-0.05, 0) is 31.0 Å². The molecule has 1 N–H and O–H groups in total. The van der Waals surface area contributed by atoms with Crippen molar-refractivity contribution in [3.63, 3.8) is 0 Å². The van der Waals surface area contributed by atoms with Crippen molar-refractivity contribution in [3.05, 3.63) is 81.5 Å². The van der Waals surface area contributed by atoms with Crippen LogP contribution in [0.2, 0.25) is 5.02 Å². The molecule has 4 rings (SSSR count). The molecule has 9 heteroatoms. The molecule has 0 fully saturated rings. The Morgan fingerprint density at radius 3 is 2.64 bits per heavy atom. The molecule has 0 aliphatic carbocycles. The van der Waals surface area contributed by atoms with E-state index in [1.54, 1.807) is 11.8 Å². The van der Waals surface area contributed by atoms with Crippen LogP contribution in [0.25, 0.3) is 0 Å². The molecule has 0 spiro atoms. The number of ether oxygens (including phenoxy) is 2. The van der Waals surface area contributed by atoms with Crippen LogP contribution in [0.4, 0.5) is 5.95 Å². The minimum Gasteiger partial charge on any atom is -0.460 e. The molecule has 1 aliphatic heterocycles. The summed E-state index contributed by atoms with van der Waals surface area (Å²) in [7, 11) is 1.57. The number of hydrogen-bond acceptors (Lipinski definition) is 7. The number of carbonyl (C=O) groups excluding carboxylic acids is 1. The Morgan fingerprint density at radius 1 is 1.15 bits per heavy atom. The second kappa shape index (κ2) is 10.4. The van der Waals surface area contributed by atoms with Gasteiger partial charge in [-0.2, -0.15) is 4.98 Å². The zero-order valence-electron chi connectivity index (χ0n) is 18.7. The van der Waals surface area contributed by atoms with E-state index in [2.05, 4.69) is 10.3 Å². The lowest BCUT2D eigenvalue weighted by Crippen LogP contribution is -2.30. The summed E-state index contributed by atoms with van der Waals surface area (Å²) in [6, 6.07) is 15.3. The first-order valence-corrected chi connectivity index (χ1v) is 11.9. The zero-order valence-corrected chi connectivity index (χ0v) is 20.2. The lowest BCUT2D eigenvalue weighted by Gasteiger charge is -2.28. The molecule has 172 valence electrons. The number of methoxy groups -OCH3 is 1. The molecular weight excluding hydrogens is 460 g/mol. The van der Waals surface area contributed by atoms with Crippen molar-refractivity contribution in [1.82, 2.24) is 14.8 Å². The summed E-state index contributed by atoms with van der Waals surface area (Å²) < 4.78 is 12.2. The summed E-state index contributed by atoms with van der Waals surface area (Å²) in [5, 5.41) is 9.26. The van der Waals surface area contributed by atoms with E-state index >= 15 is 0 Å². The van der Waals surface area contributed by atoms with Crippen molar-refractivity contribution >= 4 is 35.3 Å². The number of allylic oxidation sites excluding steroid dienone is 1. The molecule has 1 atom stereocenters. The van der Waals surface area contributed by atoms with Crippen LogP contribution in [-0.2, 0) is 20.0 Å². The van der Waals surface area contributed by atoms with E-state index in [1.807, 2.05) is 62.4 Å². The maximum Gasteiger partial charge on any atom is 0.338 e. The van der Waals surface area contributed by atoms with E-state index in [1.165, 1.54) is 11.8 Å². The Hall–Kier alpha value is -2.81. The number of carbonyl (C=O) groups is 1. The Balaban J connectivity index is 1.66. The molecule has 0 bridgehead atoms. The molecule has 3 aromatic rings. The number of halogens is 1. The van der Waals surface area contributed by atoms with Gasteiger partial charge in [0.1, 0.15) is 12.6 Å². The largest absolute Gasteiger partial charge is 0.460 e. The Kier molecular flexibility index (Phi) is 7.37. The number of nitrogens with zero attached hydrogens (tertiary/aromatic N) is 3. The van der Waals surface area contributed by atoms with Gasteiger partial charge in [-0.25, -0.2) is 9.48 Å². The molecule has 0 saturated heterocycles. The summed E-state index contributed by atoms with van der Waals surface area (Å²) >= 11 is 7.78. The van der Waals surface area contributed by atoms with Crippen molar-refractivity contribution < 1.29 is 14.3 Å². The second-order valence-corrected chi connectivity index (χ2v) is 9.00. The van der Waals surface area contributed by atoms with E-state index in [0.29, 0.717) is 39.8 Å². The predicted molar refractivity (Wildman–Crippen MR) is 130 cm³/mol. The highest BCUT2D eigenvalue weighted by atomic mass is 35.5. The highest BCUT2D eigenvalue weighted by Crippen LogP contribution is 2.37. The van der Waals surface area contributed by atoms with Gasteiger partial charge in [0.05, 0.1) is 12.2 Å². The number of thioether (sulfide) groups is 1. The number of benzene rings is 2. The third-order valence-corrected chi connectivity index (χ3v) is 6.54. The first-order valence-electron chi connectivity index (χ1n) is 10.5. The standard InChI is InChI=1S/C24H25ClN4O3S/c1-15-8-10-17(11-9-15)21-20(22(30)32-13-12-31-3)16(2)26-23-27-24(28-29(21)23)33-14-18-6-4-5-7-19(18)25/h4-11,21H,12-14H2,1-3H3,(H,26,27,28)/t21-/m0/s1. The summed E-state index contributed by atoms with van der Waals surface area (Å²) in [5.41, 5.74) is 4.25. The van der Waals surface area contributed by atoms with Gasteiger partial charge in [0.2, 0.25) is 11.1 Å². The van der Waals surface area contributed by atoms with Crippen LogP contribution < -0.4 is 5.32 Å². The number of rotatable bonds is 8. The first-order chi connectivity index (χ1) is 16.0. The van der Waals surface area contributed by atoms with Gasteiger partial charge in [0.25, 0.3) is 0 Å². The molecule has 0 unspecified atom stereocenters. The van der Waals surface area contributed by atoms with E-state index in [0.717, 1.165) is 16.7 Å². The van der Waals surface area contributed by atoms with Crippen molar-refractivity contribution in [3.8, 4) is 0 Å². The SMILES string of the molecule is COCCOC(=O)C1=C(C)Nc2nc(SCc3ccccc3Cl)nn2[C@H]1c1ccc(C)cc1. The molecule has 33 heavy (non-hydrogen) atoms. The van der Waals surface area contributed by atoms with Crippen molar-refractivity contribution in [1.29, 1.82) is 0 Å². The van der Waals surface area contributed by atoms with Gasteiger partial charge in [-0.1, -0.05) is 71.4 Å². The predicted octanol–water partition coefficient (Wildman–Crippen LogP) is 5.01. The lowest BCUT2D eigenvalue weighted by molar-refractivity contribution is -0.140. The van der Waals surface area contributed by atoms with Crippen LogP contribution in [0.5, 0.6) is 0 Å². The number of fused-ring (bicyclic) bond motifs is 1.